The van der Waals surface area contributed by atoms with Crippen LogP contribution in [0.15, 0.2) is 12.4 Å². The van der Waals surface area contributed by atoms with Crippen LogP contribution in [0.25, 0.3) is 0 Å². The van der Waals surface area contributed by atoms with Crippen molar-refractivity contribution in [3.05, 3.63) is 18.0 Å². The molecule has 0 bridgehead atoms. The number of hydrogen-bond acceptors (Lipinski definition) is 6. The fourth-order valence-corrected chi connectivity index (χ4v) is 4.19. The third-order valence-electron chi connectivity index (χ3n) is 3.24. The molecule has 6 nitrogen and oxygen atoms in total. The van der Waals surface area contributed by atoms with Crippen LogP contribution in [0.3, 0.4) is 0 Å². The van der Waals surface area contributed by atoms with Crippen LogP contribution in [0, 0.1) is 5.92 Å². The van der Waals surface area contributed by atoms with E-state index in [1.54, 1.807) is 12.4 Å². The molecule has 1 N–H and O–H groups in total. The first-order chi connectivity index (χ1) is 8.55. The highest BCUT2D eigenvalue weighted by molar-refractivity contribution is 7.91. The van der Waals surface area contributed by atoms with E-state index in [1.807, 2.05) is 7.05 Å². The molecule has 1 fully saturated rings. The molecule has 1 aliphatic rings. The Morgan fingerprint density at radius 3 is 2.56 bits per heavy atom. The summed E-state index contributed by atoms with van der Waals surface area (Å²) in [6, 6.07) is 0.279. The minimum atomic E-state index is -2.88. The fraction of sp³-hybridized carbons (Fsp3) is 0.636. The molecule has 100 valence electrons. The second-order valence-electron chi connectivity index (χ2n) is 4.43. The summed E-state index contributed by atoms with van der Waals surface area (Å²) in [7, 11) is 0.450. The number of nitrogens with one attached hydrogen (secondary N) is 1. The van der Waals surface area contributed by atoms with Crippen molar-refractivity contribution in [2.45, 2.75) is 12.5 Å². The molecule has 1 aromatic rings. The number of nitrogens with zero attached hydrogens (tertiary/aromatic N) is 2. The highest BCUT2D eigenvalue weighted by Gasteiger charge is 2.34. The maximum absolute atomic E-state index is 11.5. The average Bonchev–Trinajstić information content (AvgIpc) is 2.71. The average molecular weight is 271 g/mol. The van der Waals surface area contributed by atoms with E-state index < -0.39 is 9.84 Å². The molecule has 1 saturated heterocycles. The molecule has 1 aromatic heterocycles. The van der Waals surface area contributed by atoms with Crippen LogP contribution in [-0.2, 0) is 9.84 Å². The first-order valence-corrected chi connectivity index (χ1v) is 7.61. The zero-order valence-electron chi connectivity index (χ0n) is 10.5. The molecule has 0 aliphatic carbocycles. The lowest BCUT2D eigenvalue weighted by Crippen LogP contribution is -2.26. The summed E-state index contributed by atoms with van der Waals surface area (Å²) < 4.78 is 27.9. The van der Waals surface area contributed by atoms with Gasteiger partial charge in [-0.25, -0.2) is 18.4 Å². The normalized spacial score (nSPS) is 23.8. The van der Waals surface area contributed by atoms with E-state index in [4.69, 9.17) is 4.74 Å². The quantitative estimate of drug-likeness (QED) is 0.841. The molecule has 0 radical (unpaired) electrons. The Balaban J connectivity index is 2.18. The van der Waals surface area contributed by atoms with Crippen molar-refractivity contribution in [2.24, 2.45) is 5.92 Å². The molecule has 0 amide bonds. The summed E-state index contributed by atoms with van der Waals surface area (Å²) in [6.45, 7) is 0. The van der Waals surface area contributed by atoms with Gasteiger partial charge in [-0.05, 0) is 19.4 Å². The number of hydrogen-bond donors (Lipinski definition) is 1. The van der Waals surface area contributed by atoms with E-state index in [-0.39, 0.29) is 23.5 Å². The highest BCUT2D eigenvalue weighted by atomic mass is 32.2. The van der Waals surface area contributed by atoms with E-state index in [0.29, 0.717) is 12.4 Å². The van der Waals surface area contributed by atoms with Gasteiger partial charge in [0.05, 0.1) is 18.6 Å². The molecule has 0 spiro atoms. The lowest BCUT2D eigenvalue weighted by atomic mass is 9.94. The summed E-state index contributed by atoms with van der Waals surface area (Å²) in [6.07, 6.45) is 4.04. The Kier molecular flexibility index (Phi) is 3.82. The largest absolute Gasteiger partial charge is 0.467 e. The van der Waals surface area contributed by atoms with Crippen molar-refractivity contribution >= 4 is 9.84 Å². The molecular weight excluding hydrogens is 254 g/mol. The van der Waals surface area contributed by atoms with Crippen molar-refractivity contribution in [1.29, 1.82) is 0 Å². The second-order valence-corrected chi connectivity index (χ2v) is 6.66. The lowest BCUT2D eigenvalue weighted by molar-refractivity contribution is 0.374. The number of rotatable bonds is 4. The van der Waals surface area contributed by atoms with Gasteiger partial charge in [-0.2, -0.15) is 0 Å². The Morgan fingerprint density at radius 2 is 2.11 bits per heavy atom. The smallest absolute Gasteiger partial charge is 0.316 e. The van der Waals surface area contributed by atoms with Crippen molar-refractivity contribution < 1.29 is 13.2 Å². The van der Waals surface area contributed by atoms with Gasteiger partial charge in [0.2, 0.25) is 0 Å². The van der Waals surface area contributed by atoms with E-state index >= 15 is 0 Å². The van der Waals surface area contributed by atoms with E-state index in [2.05, 4.69) is 15.3 Å². The predicted molar refractivity (Wildman–Crippen MR) is 67.1 cm³/mol. The Morgan fingerprint density at radius 1 is 1.44 bits per heavy atom. The summed E-state index contributed by atoms with van der Waals surface area (Å²) in [5.74, 6) is 0.578. The van der Waals surface area contributed by atoms with E-state index in [1.165, 1.54) is 7.11 Å². The summed E-state index contributed by atoms with van der Waals surface area (Å²) in [4.78, 5) is 8.10. The number of aromatic nitrogens is 2. The van der Waals surface area contributed by atoms with Gasteiger partial charge in [-0.15, -0.1) is 0 Å². The van der Waals surface area contributed by atoms with Crippen LogP contribution in [0.5, 0.6) is 6.01 Å². The molecule has 2 heterocycles. The van der Waals surface area contributed by atoms with Crippen LogP contribution in [0.4, 0.5) is 0 Å². The van der Waals surface area contributed by atoms with Gasteiger partial charge in [-0.1, -0.05) is 0 Å². The standard InChI is InChI=1S/C11H17N3O3S/c1-12-10(8-3-4-18(15,16)7-8)9-5-13-11(17-2)14-6-9/h5-6,8,10,12H,3-4,7H2,1-2H3. The number of sulfone groups is 1. The van der Waals surface area contributed by atoms with Crippen molar-refractivity contribution in [3.63, 3.8) is 0 Å². The van der Waals surface area contributed by atoms with Gasteiger partial charge in [0.25, 0.3) is 0 Å². The van der Waals surface area contributed by atoms with Gasteiger partial charge in [0, 0.05) is 24.0 Å². The van der Waals surface area contributed by atoms with Crippen LogP contribution in [-0.4, -0.2) is 44.0 Å². The predicted octanol–water partition coefficient (Wildman–Crippen LogP) is 0.180. The summed E-state index contributed by atoms with van der Waals surface area (Å²) >= 11 is 0. The van der Waals surface area contributed by atoms with Crippen molar-refractivity contribution in [2.75, 3.05) is 25.7 Å². The molecule has 7 heteroatoms. The van der Waals surface area contributed by atoms with Crippen LogP contribution in [0.1, 0.15) is 18.0 Å². The molecule has 1 aliphatic heterocycles. The molecule has 2 unspecified atom stereocenters. The third-order valence-corrected chi connectivity index (χ3v) is 5.03. The van der Waals surface area contributed by atoms with Crippen molar-refractivity contribution in [3.8, 4) is 6.01 Å². The summed E-state index contributed by atoms with van der Waals surface area (Å²) in [5, 5.41) is 3.15. The third kappa shape index (κ3) is 2.78. The number of methoxy groups -OCH3 is 1. The fourth-order valence-electron chi connectivity index (χ4n) is 2.35. The van der Waals surface area contributed by atoms with E-state index in [9.17, 15) is 8.42 Å². The molecule has 0 saturated carbocycles. The molecule has 2 rings (SSSR count). The van der Waals surface area contributed by atoms with Gasteiger partial charge in [-0.3, -0.25) is 0 Å². The summed E-state index contributed by atoms with van der Waals surface area (Å²) in [5.41, 5.74) is 0.889. The Labute approximate surface area is 107 Å². The van der Waals surface area contributed by atoms with Gasteiger partial charge in [0.15, 0.2) is 9.84 Å². The number of ether oxygens (including phenoxy) is 1. The lowest BCUT2D eigenvalue weighted by Gasteiger charge is -2.21. The van der Waals surface area contributed by atoms with Crippen molar-refractivity contribution in [1.82, 2.24) is 15.3 Å². The van der Waals surface area contributed by atoms with Crippen LogP contribution < -0.4 is 10.1 Å². The van der Waals surface area contributed by atoms with E-state index in [0.717, 1.165) is 5.56 Å². The van der Waals surface area contributed by atoms with Gasteiger partial charge in [0.1, 0.15) is 0 Å². The second kappa shape index (κ2) is 5.19. The van der Waals surface area contributed by atoms with Crippen LogP contribution >= 0.6 is 0 Å². The topological polar surface area (TPSA) is 81.2 Å². The maximum atomic E-state index is 11.5. The zero-order valence-corrected chi connectivity index (χ0v) is 11.3. The molecule has 0 aromatic carbocycles. The monoisotopic (exact) mass is 271 g/mol. The first kappa shape index (κ1) is 13.2. The minimum absolute atomic E-state index is 0.0341. The highest BCUT2D eigenvalue weighted by Crippen LogP contribution is 2.30. The Hall–Kier alpha value is -1.21. The zero-order chi connectivity index (χ0) is 13.2. The maximum Gasteiger partial charge on any atom is 0.316 e. The molecule has 18 heavy (non-hydrogen) atoms. The first-order valence-electron chi connectivity index (χ1n) is 5.79. The van der Waals surface area contributed by atoms with Gasteiger partial charge < -0.3 is 10.1 Å². The minimum Gasteiger partial charge on any atom is -0.467 e. The molecule has 2 atom stereocenters. The van der Waals surface area contributed by atoms with Crippen LogP contribution in [0.2, 0.25) is 0 Å². The molecular formula is C11H17N3O3S. The Bertz CT molecular complexity index is 501. The SMILES string of the molecule is CNC(c1cnc(OC)nc1)C1CCS(=O)(=O)C1. The van der Waals surface area contributed by atoms with Gasteiger partial charge >= 0.3 is 6.01 Å².